The molecule has 0 amide bonds. The van der Waals surface area contributed by atoms with Gasteiger partial charge in [0.15, 0.2) is 0 Å². The summed E-state index contributed by atoms with van der Waals surface area (Å²) in [5.74, 6) is 0.798. The molecule has 116 valence electrons. The number of nitrogens with one attached hydrogen (secondary N) is 1. The summed E-state index contributed by atoms with van der Waals surface area (Å²) in [6.45, 7) is 17.7. The molecule has 1 N–H and O–H groups in total. The van der Waals surface area contributed by atoms with Crippen LogP contribution in [-0.2, 0) is 4.74 Å². The van der Waals surface area contributed by atoms with Crippen molar-refractivity contribution in [1.82, 2.24) is 5.32 Å². The molecule has 19 heavy (non-hydrogen) atoms. The van der Waals surface area contributed by atoms with E-state index in [1.807, 2.05) is 0 Å². The standard InChI is InChI=1S/C17H37NO/c1-8-13-18-15(12-10-11-14(3)4)16(19-9-2)17(5,6)7/h14-16,18H,8-13H2,1-7H3. The number of hydrogen-bond acceptors (Lipinski definition) is 2. The molecule has 0 fully saturated rings. The Kier molecular flexibility index (Phi) is 9.72. The minimum absolute atomic E-state index is 0.194. The highest BCUT2D eigenvalue weighted by Crippen LogP contribution is 2.27. The highest BCUT2D eigenvalue weighted by atomic mass is 16.5. The second kappa shape index (κ2) is 9.77. The molecule has 0 heterocycles. The molecular weight excluding hydrogens is 234 g/mol. The van der Waals surface area contributed by atoms with E-state index in [-0.39, 0.29) is 5.41 Å². The lowest BCUT2D eigenvalue weighted by Gasteiger charge is -2.37. The van der Waals surface area contributed by atoms with Gasteiger partial charge in [-0.15, -0.1) is 0 Å². The van der Waals surface area contributed by atoms with Gasteiger partial charge in [0.05, 0.1) is 6.10 Å². The molecule has 2 unspecified atom stereocenters. The van der Waals surface area contributed by atoms with E-state index in [4.69, 9.17) is 4.74 Å². The van der Waals surface area contributed by atoms with Crippen molar-refractivity contribution in [1.29, 1.82) is 0 Å². The minimum Gasteiger partial charge on any atom is -0.376 e. The molecule has 0 saturated carbocycles. The number of hydrogen-bond donors (Lipinski definition) is 1. The molecule has 0 saturated heterocycles. The molecule has 2 nitrogen and oxygen atoms in total. The first-order valence-corrected chi connectivity index (χ1v) is 8.17. The molecule has 0 aliphatic rings. The maximum absolute atomic E-state index is 6.06. The van der Waals surface area contributed by atoms with Gasteiger partial charge in [-0.05, 0) is 37.6 Å². The fourth-order valence-electron chi connectivity index (χ4n) is 2.59. The third kappa shape index (κ3) is 8.65. The third-order valence-electron chi connectivity index (χ3n) is 3.52. The summed E-state index contributed by atoms with van der Waals surface area (Å²) in [5, 5.41) is 3.71. The molecule has 0 rings (SSSR count). The Bertz CT molecular complexity index is 208. The van der Waals surface area contributed by atoms with Gasteiger partial charge in [-0.3, -0.25) is 0 Å². The van der Waals surface area contributed by atoms with Crippen molar-refractivity contribution < 1.29 is 4.74 Å². The third-order valence-corrected chi connectivity index (χ3v) is 3.52. The number of ether oxygens (including phenoxy) is 1. The zero-order chi connectivity index (χ0) is 14.9. The first-order chi connectivity index (χ1) is 8.82. The van der Waals surface area contributed by atoms with E-state index >= 15 is 0 Å². The van der Waals surface area contributed by atoms with Crippen LogP contribution in [0.4, 0.5) is 0 Å². The van der Waals surface area contributed by atoms with Crippen molar-refractivity contribution in [2.24, 2.45) is 11.3 Å². The molecule has 2 heteroatoms. The zero-order valence-corrected chi connectivity index (χ0v) is 14.4. The van der Waals surface area contributed by atoms with Crippen LogP contribution in [0.15, 0.2) is 0 Å². The van der Waals surface area contributed by atoms with Crippen LogP contribution in [-0.4, -0.2) is 25.3 Å². The Hall–Kier alpha value is -0.0800. The van der Waals surface area contributed by atoms with Crippen LogP contribution in [0.2, 0.25) is 0 Å². The fourth-order valence-corrected chi connectivity index (χ4v) is 2.59. The maximum atomic E-state index is 6.06. The molecule has 0 radical (unpaired) electrons. The van der Waals surface area contributed by atoms with Gasteiger partial charge in [-0.1, -0.05) is 54.4 Å². The van der Waals surface area contributed by atoms with Crippen LogP contribution in [0.1, 0.15) is 74.1 Å². The van der Waals surface area contributed by atoms with Crippen LogP contribution in [0, 0.1) is 11.3 Å². The first-order valence-electron chi connectivity index (χ1n) is 8.17. The molecule has 0 aromatic rings. The summed E-state index contributed by atoms with van der Waals surface area (Å²) in [7, 11) is 0. The van der Waals surface area contributed by atoms with E-state index in [9.17, 15) is 0 Å². The fraction of sp³-hybridized carbons (Fsp3) is 1.00. The largest absolute Gasteiger partial charge is 0.376 e. The smallest absolute Gasteiger partial charge is 0.0775 e. The summed E-state index contributed by atoms with van der Waals surface area (Å²) in [6.07, 6.45) is 5.31. The Balaban J connectivity index is 4.56. The van der Waals surface area contributed by atoms with Crippen LogP contribution in [0.3, 0.4) is 0 Å². The summed E-state index contributed by atoms with van der Waals surface area (Å²) in [6, 6.07) is 0.485. The van der Waals surface area contributed by atoms with Crippen LogP contribution < -0.4 is 5.32 Å². The quantitative estimate of drug-likeness (QED) is 0.625. The molecule has 2 atom stereocenters. The van der Waals surface area contributed by atoms with Gasteiger partial charge in [0.2, 0.25) is 0 Å². The lowest BCUT2D eigenvalue weighted by atomic mass is 9.82. The van der Waals surface area contributed by atoms with Gasteiger partial charge in [-0.25, -0.2) is 0 Å². The highest BCUT2D eigenvalue weighted by molar-refractivity contribution is 4.86. The van der Waals surface area contributed by atoms with Crippen molar-refractivity contribution in [2.45, 2.75) is 86.3 Å². The van der Waals surface area contributed by atoms with Crippen LogP contribution in [0.5, 0.6) is 0 Å². The topological polar surface area (TPSA) is 21.3 Å². The Morgan fingerprint density at radius 2 is 1.68 bits per heavy atom. The maximum Gasteiger partial charge on any atom is 0.0775 e. The second-order valence-corrected chi connectivity index (χ2v) is 7.13. The molecule has 0 aliphatic heterocycles. The summed E-state index contributed by atoms with van der Waals surface area (Å²) in [5.41, 5.74) is 0.194. The van der Waals surface area contributed by atoms with Crippen molar-refractivity contribution in [3.63, 3.8) is 0 Å². The van der Waals surface area contributed by atoms with Gasteiger partial charge >= 0.3 is 0 Å². The van der Waals surface area contributed by atoms with Crippen molar-refractivity contribution >= 4 is 0 Å². The Morgan fingerprint density at radius 3 is 2.11 bits per heavy atom. The summed E-state index contributed by atoms with van der Waals surface area (Å²) < 4.78 is 6.06. The average molecular weight is 271 g/mol. The van der Waals surface area contributed by atoms with E-state index < -0.39 is 0 Å². The minimum atomic E-state index is 0.194. The van der Waals surface area contributed by atoms with E-state index in [1.54, 1.807) is 0 Å². The van der Waals surface area contributed by atoms with E-state index in [0.29, 0.717) is 12.1 Å². The van der Waals surface area contributed by atoms with Gasteiger partial charge in [0, 0.05) is 12.6 Å². The van der Waals surface area contributed by atoms with Crippen LogP contribution >= 0.6 is 0 Å². The van der Waals surface area contributed by atoms with Crippen molar-refractivity contribution in [3.8, 4) is 0 Å². The molecule has 0 aliphatic carbocycles. The van der Waals surface area contributed by atoms with Gasteiger partial charge in [0.25, 0.3) is 0 Å². The molecule has 0 aromatic carbocycles. The molecule has 0 aromatic heterocycles. The Morgan fingerprint density at radius 1 is 1.05 bits per heavy atom. The lowest BCUT2D eigenvalue weighted by Crippen LogP contribution is -2.48. The first kappa shape index (κ1) is 18.9. The molecule has 0 spiro atoms. The monoisotopic (exact) mass is 271 g/mol. The second-order valence-electron chi connectivity index (χ2n) is 7.13. The lowest BCUT2D eigenvalue weighted by molar-refractivity contribution is -0.0379. The zero-order valence-electron chi connectivity index (χ0n) is 14.4. The average Bonchev–Trinajstić information content (AvgIpc) is 2.29. The highest BCUT2D eigenvalue weighted by Gasteiger charge is 2.32. The predicted molar refractivity (Wildman–Crippen MR) is 85.6 cm³/mol. The van der Waals surface area contributed by atoms with Gasteiger partial charge in [0.1, 0.15) is 0 Å². The SMILES string of the molecule is CCCNC(CCCC(C)C)C(OCC)C(C)(C)C. The summed E-state index contributed by atoms with van der Waals surface area (Å²) >= 11 is 0. The van der Waals surface area contributed by atoms with E-state index in [1.165, 1.54) is 25.7 Å². The number of rotatable bonds is 10. The van der Waals surface area contributed by atoms with Gasteiger partial charge in [-0.2, -0.15) is 0 Å². The normalized spacial score (nSPS) is 15.8. The Labute approximate surface area is 121 Å². The van der Waals surface area contributed by atoms with E-state index in [2.05, 4.69) is 53.8 Å². The molecular formula is C17H37NO. The van der Waals surface area contributed by atoms with Crippen LogP contribution in [0.25, 0.3) is 0 Å². The van der Waals surface area contributed by atoms with Crippen molar-refractivity contribution in [2.75, 3.05) is 13.2 Å². The van der Waals surface area contributed by atoms with E-state index in [0.717, 1.165) is 19.1 Å². The predicted octanol–water partition coefficient (Wildman–Crippen LogP) is 4.63. The summed E-state index contributed by atoms with van der Waals surface area (Å²) in [4.78, 5) is 0. The molecule has 0 bridgehead atoms. The van der Waals surface area contributed by atoms with Gasteiger partial charge < -0.3 is 10.1 Å². The van der Waals surface area contributed by atoms with Crippen molar-refractivity contribution in [3.05, 3.63) is 0 Å².